The number of hydrazone groups is 1. The van der Waals surface area contributed by atoms with Crippen LogP contribution in [0.4, 0.5) is 0 Å². The number of rotatable bonds is 4. The molecule has 102 valence electrons. The molecule has 1 aliphatic rings. The van der Waals surface area contributed by atoms with Crippen molar-refractivity contribution in [1.82, 2.24) is 10.7 Å². The fraction of sp³-hybridized carbons (Fsp3) is 0.182. The summed E-state index contributed by atoms with van der Waals surface area (Å²) in [6.45, 7) is 1.37. The number of nitrogens with one attached hydrogen (secondary N) is 2. The molecule has 0 aromatic rings. The lowest BCUT2D eigenvalue weighted by atomic mass is 9.98. The molecule has 1 unspecified atom stereocenters. The third-order valence-electron chi connectivity index (χ3n) is 2.18. The predicted octanol–water partition coefficient (Wildman–Crippen LogP) is -1.27. The highest BCUT2D eigenvalue weighted by molar-refractivity contribution is 5.91. The van der Waals surface area contributed by atoms with Crippen LogP contribution in [-0.2, 0) is 9.59 Å². The number of carboxylic acid groups (broad SMARTS) is 1. The van der Waals surface area contributed by atoms with Gasteiger partial charge in [0.1, 0.15) is 0 Å². The molecule has 1 atom stereocenters. The lowest BCUT2D eigenvalue weighted by Crippen LogP contribution is -2.34. The molecule has 1 aliphatic carbocycles. The van der Waals surface area contributed by atoms with Crippen LogP contribution in [0.3, 0.4) is 0 Å². The minimum atomic E-state index is -1.06. The van der Waals surface area contributed by atoms with Gasteiger partial charge in [0.25, 0.3) is 0 Å². The standard InChI is InChI=1S/C11H15N5O3/c1-6(17)15-9-3-2-7(10(18)19)4-8(9)5-14-16-11(12)13/h2-5,9,14H,1H3,(H,15,17)(H,18,19)(H4,12,13,16). The quantitative estimate of drug-likeness (QED) is 0.244. The van der Waals surface area contributed by atoms with Crippen LogP contribution in [0.15, 0.2) is 40.7 Å². The predicted molar refractivity (Wildman–Crippen MR) is 69.5 cm³/mol. The van der Waals surface area contributed by atoms with Crippen molar-refractivity contribution in [3.05, 3.63) is 35.6 Å². The molecule has 8 heteroatoms. The molecule has 0 fully saturated rings. The molecule has 0 aromatic heterocycles. The van der Waals surface area contributed by atoms with Gasteiger partial charge in [-0.05, 0) is 17.7 Å². The summed E-state index contributed by atoms with van der Waals surface area (Å²) in [6.07, 6.45) is 5.81. The number of nitrogens with zero attached hydrogens (tertiary/aromatic N) is 1. The van der Waals surface area contributed by atoms with Crippen LogP contribution in [-0.4, -0.2) is 29.0 Å². The van der Waals surface area contributed by atoms with E-state index >= 15 is 0 Å². The van der Waals surface area contributed by atoms with Gasteiger partial charge in [-0.1, -0.05) is 6.08 Å². The number of nitrogens with two attached hydrogens (primary N) is 2. The molecular formula is C11H15N5O3. The van der Waals surface area contributed by atoms with Gasteiger partial charge in [-0.3, -0.25) is 10.2 Å². The number of amides is 1. The van der Waals surface area contributed by atoms with E-state index in [-0.39, 0.29) is 17.4 Å². The van der Waals surface area contributed by atoms with Crippen LogP contribution >= 0.6 is 0 Å². The van der Waals surface area contributed by atoms with Crippen molar-refractivity contribution in [2.75, 3.05) is 0 Å². The number of guanidine groups is 1. The topological polar surface area (TPSA) is 143 Å². The first-order valence-corrected chi connectivity index (χ1v) is 5.34. The van der Waals surface area contributed by atoms with Gasteiger partial charge in [0.2, 0.25) is 11.9 Å². The molecular weight excluding hydrogens is 250 g/mol. The molecule has 0 aliphatic heterocycles. The SMILES string of the molecule is CC(=O)NC1C=CC(C(=O)O)=CC1=CNN=C(N)N. The first kappa shape index (κ1) is 14.3. The third-order valence-corrected chi connectivity index (χ3v) is 2.18. The molecule has 0 saturated heterocycles. The number of hydrogen-bond acceptors (Lipinski definition) is 4. The minimum Gasteiger partial charge on any atom is -0.478 e. The van der Waals surface area contributed by atoms with Gasteiger partial charge in [0.05, 0.1) is 11.6 Å². The van der Waals surface area contributed by atoms with Crippen molar-refractivity contribution in [1.29, 1.82) is 0 Å². The summed E-state index contributed by atoms with van der Waals surface area (Å²) >= 11 is 0. The Morgan fingerprint density at radius 1 is 1.47 bits per heavy atom. The maximum absolute atomic E-state index is 11.1. The van der Waals surface area contributed by atoms with Gasteiger partial charge < -0.3 is 21.9 Å². The van der Waals surface area contributed by atoms with E-state index in [2.05, 4.69) is 15.8 Å². The number of hydrogen-bond donors (Lipinski definition) is 5. The fourth-order valence-electron chi connectivity index (χ4n) is 1.42. The molecule has 8 nitrogen and oxygen atoms in total. The minimum absolute atomic E-state index is 0.0966. The summed E-state index contributed by atoms with van der Waals surface area (Å²) < 4.78 is 0. The van der Waals surface area contributed by atoms with E-state index < -0.39 is 12.0 Å². The van der Waals surface area contributed by atoms with Gasteiger partial charge in [-0.2, -0.15) is 0 Å². The average molecular weight is 265 g/mol. The van der Waals surface area contributed by atoms with Crippen LogP contribution in [0.2, 0.25) is 0 Å². The van der Waals surface area contributed by atoms with E-state index in [4.69, 9.17) is 16.6 Å². The summed E-state index contributed by atoms with van der Waals surface area (Å²) in [5.74, 6) is -1.47. The molecule has 19 heavy (non-hydrogen) atoms. The zero-order valence-corrected chi connectivity index (χ0v) is 10.3. The maximum Gasteiger partial charge on any atom is 0.335 e. The molecule has 1 rings (SSSR count). The van der Waals surface area contributed by atoms with E-state index in [0.29, 0.717) is 5.57 Å². The Balaban J connectivity index is 2.95. The Labute approximate surface area is 109 Å². The Morgan fingerprint density at radius 3 is 2.68 bits per heavy atom. The summed E-state index contributed by atoms with van der Waals surface area (Å²) in [4.78, 5) is 21.9. The van der Waals surface area contributed by atoms with Crippen molar-refractivity contribution in [3.8, 4) is 0 Å². The Bertz CT molecular complexity index is 500. The Kier molecular flexibility index (Phi) is 4.69. The smallest absolute Gasteiger partial charge is 0.335 e. The van der Waals surface area contributed by atoms with Gasteiger partial charge in [-0.25, -0.2) is 4.79 Å². The summed E-state index contributed by atoms with van der Waals surface area (Å²) in [6, 6.07) is -0.442. The zero-order valence-electron chi connectivity index (χ0n) is 10.3. The monoisotopic (exact) mass is 265 g/mol. The lowest BCUT2D eigenvalue weighted by molar-refractivity contribution is -0.132. The largest absolute Gasteiger partial charge is 0.478 e. The number of carbonyl (C=O) groups is 2. The highest BCUT2D eigenvalue weighted by Gasteiger charge is 2.17. The molecule has 0 heterocycles. The van der Waals surface area contributed by atoms with Gasteiger partial charge in [-0.15, -0.1) is 5.10 Å². The van der Waals surface area contributed by atoms with Crippen LogP contribution in [0.25, 0.3) is 0 Å². The lowest BCUT2D eigenvalue weighted by Gasteiger charge is -2.19. The van der Waals surface area contributed by atoms with E-state index in [9.17, 15) is 9.59 Å². The molecule has 0 saturated carbocycles. The van der Waals surface area contributed by atoms with Crippen LogP contribution in [0, 0.1) is 0 Å². The highest BCUT2D eigenvalue weighted by atomic mass is 16.4. The molecule has 0 bridgehead atoms. The van der Waals surface area contributed by atoms with E-state index in [1.54, 1.807) is 6.08 Å². The van der Waals surface area contributed by atoms with Crippen molar-refractivity contribution < 1.29 is 14.7 Å². The molecule has 0 radical (unpaired) electrons. The van der Waals surface area contributed by atoms with Crippen molar-refractivity contribution in [2.24, 2.45) is 16.6 Å². The van der Waals surface area contributed by atoms with E-state index in [0.717, 1.165) is 0 Å². The first-order chi connectivity index (χ1) is 8.90. The van der Waals surface area contributed by atoms with E-state index in [1.165, 1.54) is 25.3 Å². The normalized spacial score (nSPS) is 19.5. The van der Waals surface area contributed by atoms with E-state index in [1.807, 2.05) is 0 Å². The molecule has 0 aromatic carbocycles. The highest BCUT2D eigenvalue weighted by Crippen LogP contribution is 2.16. The van der Waals surface area contributed by atoms with Crippen LogP contribution < -0.4 is 22.2 Å². The van der Waals surface area contributed by atoms with Crippen molar-refractivity contribution >= 4 is 17.8 Å². The fourth-order valence-corrected chi connectivity index (χ4v) is 1.42. The Morgan fingerprint density at radius 2 is 2.16 bits per heavy atom. The second-order valence-electron chi connectivity index (χ2n) is 3.75. The second kappa shape index (κ2) is 6.24. The number of carboxylic acids is 1. The summed E-state index contributed by atoms with van der Waals surface area (Å²) in [5, 5.41) is 15.1. The molecule has 0 spiro atoms. The van der Waals surface area contributed by atoms with Crippen LogP contribution in [0.5, 0.6) is 0 Å². The first-order valence-electron chi connectivity index (χ1n) is 5.34. The van der Waals surface area contributed by atoms with Gasteiger partial charge in [0, 0.05) is 13.1 Å². The summed E-state index contributed by atoms with van der Waals surface area (Å²) in [7, 11) is 0. The third kappa shape index (κ3) is 4.54. The van der Waals surface area contributed by atoms with Crippen molar-refractivity contribution in [3.63, 3.8) is 0 Å². The molecule has 7 N–H and O–H groups in total. The second-order valence-corrected chi connectivity index (χ2v) is 3.75. The number of aliphatic carboxylic acids is 1. The average Bonchev–Trinajstić information content (AvgIpc) is 2.29. The molecule has 1 amide bonds. The van der Waals surface area contributed by atoms with Gasteiger partial charge >= 0.3 is 5.97 Å². The zero-order chi connectivity index (χ0) is 14.4. The van der Waals surface area contributed by atoms with Crippen LogP contribution in [0.1, 0.15) is 6.92 Å². The Hall–Kier alpha value is -2.77. The number of carbonyl (C=O) groups excluding carboxylic acids is 1. The van der Waals surface area contributed by atoms with Crippen molar-refractivity contribution in [2.45, 2.75) is 13.0 Å². The van der Waals surface area contributed by atoms with Gasteiger partial charge in [0.15, 0.2) is 0 Å². The summed E-state index contributed by atoms with van der Waals surface area (Å²) in [5.41, 5.74) is 13.4. The maximum atomic E-state index is 11.1.